The van der Waals surface area contributed by atoms with E-state index in [1.54, 1.807) is 32.9 Å². The van der Waals surface area contributed by atoms with Gasteiger partial charge in [-0.15, -0.1) is 0 Å². The lowest BCUT2D eigenvalue weighted by Gasteiger charge is -2.20. The number of alkyl carbamates (subject to hydrolysis) is 1. The van der Waals surface area contributed by atoms with Crippen LogP contribution in [0.25, 0.3) is 11.4 Å². The third kappa shape index (κ3) is 6.05. The number of hydrogen-bond acceptors (Lipinski definition) is 5. The Morgan fingerprint density at radius 3 is 2.57 bits per heavy atom. The zero-order chi connectivity index (χ0) is 21.7. The van der Waals surface area contributed by atoms with Gasteiger partial charge in [0.25, 0.3) is 0 Å². The second-order valence-corrected chi connectivity index (χ2v) is 8.32. The molecule has 1 amide bonds. The van der Waals surface area contributed by atoms with Gasteiger partial charge in [0.15, 0.2) is 5.82 Å². The monoisotopic (exact) mass is 416 g/mol. The van der Waals surface area contributed by atoms with E-state index < -0.39 is 11.7 Å². The number of amides is 1. The molecule has 1 aromatic carbocycles. The van der Waals surface area contributed by atoms with E-state index in [0.717, 1.165) is 17.9 Å². The van der Waals surface area contributed by atoms with Crippen LogP contribution in [-0.4, -0.2) is 39.6 Å². The van der Waals surface area contributed by atoms with Gasteiger partial charge in [-0.2, -0.15) is 5.10 Å². The van der Waals surface area contributed by atoms with Gasteiger partial charge in [-0.1, -0.05) is 0 Å². The number of aryl methyl sites for hydroxylation is 1. The quantitative estimate of drug-likeness (QED) is 0.680. The minimum atomic E-state index is -0.608. The largest absolute Gasteiger partial charge is 0.489 e. The highest BCUT2D eigenvalue weighted by Gasteiger charge is 2.29. The molecule has 0 atom stereocenters. The normalized spacial score (nSPS) is 14.5. The molecule has 1 aliphatic carbocycles. The summed E-state index contributed by atoms with van der Waals surface area (Å²) in [6.45, 7) is 8.18. The number of hydrogen-bond donors (Lipinski definition) is 1. The zero-order valence-electron chi connectivity index (χ0n) is 17.9. The Bertz CT molecular complexity index is 896. The van der Waals surface area contributed by atoms with Crippen molar-refractivity contribution < 1.29 is 18.7 Å². The number of rotatable bonds is 8. The molecule has 1 saturated carbocycles. The molecule has 1 aliphatic rings. The maximum atomic E-state index is 13.1. The Morgan fingerprint density at radius 2 is 2.00 bits per heavy atom. The number of carbonyl (C=O) groups is 1. The summed E-state index contributed by atoms with van der Waals surface area (Å²) in [5, 5.41) is 7.11. The second-order valence-electron chi connectivity index (χ2n) is 8.32. The lowest BCUT2D eigenvalue weighted by atomic mass is 10.2. The smallest absolute Gasteiger partial charge is 0.407 e. The van der Waals surface area contributed by atoms with Crippen molar-refractivity contribution in [2.45, 2.75) is 58.6 Å². The van der Waals surface area contributed by atoms with Crippen LogP contribution in [0.5, 0.6) is 5.75 Å². The van der Waals surface area contributed by atoms with Gasteiger partial charge in [-0.05, 0) is 64.8 Å². The molecule has 1 aromatic heterocycles. The summed E-state index contributed by atoms with van der Waals surface area (Å²) < 4.78 is 25.9. The van der Waals surface area contributed by atoms with Crippen molar-refractivity contribution in [1.82, 2.24) is 20.1 Å². The maximum absolute atomic E-state index is 13.1. The first-order valence-electron chi connectivity index (χ1n) is 10.2. The number of halogens is 1. The van der Waals surface area contributed by atoms with Gasteiger partial charge in [-0.3, -0.25) is 0 Å². The lowest BCUT2D eigenvalue weighted by molar-refractivity contribution is 0.0531. The highest BCUT2D eigenvalue weighted by Crippen LogP contribution is 2.39. The van der Waals surface area contributed by atoms with E-state index >= 15 is 0 Å². The van der Waals surface area contributed by atoms with Crippen LogP contribution >= 0.6 is 0 Å². The number of nitrogens with zero attached hydrogens (tertiary/aromatic N) is 3. The number of aromatic nitrogens is 3. The van der Waals surface area contributed by atoms with Gasteiger partial charge in [0.05, 0.1) is 6.33 Å². The first-order valence-corrected chi connectivity index (χ1v) is 10.2. The van der Waals surface area contributed by atoms with Gasteiger partial charge in [-0.25, -0.2) is 18.9 Å². The van der Waals surface area contributed by atoms with Gasteiger partial charge in [0.2, 0.25) is 0 Å². The number of benzene rings is 1. The van der Waals surface area contributed by atoms with Crippen molar-refractivity contribution >= 4 is 6.09 Å². The molecule has 1 N–H and O–H groups in total. The van der Waals surface area contributed by atoms with E-state index in [9.17, 15) is 9.18 Å². The fourth-order valence-corrected chi connectivity index (χ4v) is 2.85. The summed E-state index contributed by atoms with van der Waals surface area (Å²) in [7, 11) is 0. The minimum absolute atomic E-state index is 0.00577. The summed E-state index contributed by atoms with van der Waals surface area (Å²) in [6.07, 6.45) is 2.19. The highest BCUT2D eigenvalue weighted by atomic mass is 19.1. The summed E-state index contributed by atoms with van der Waals surface area (Å²) in [4.78, 5) is 16.4. The third-order valence-corrected chi connectivity index (χ3v) is 4.49. The summed E-state index contributed by atoms with van der Waals surface area (Å²) in [5.41, 5.74) is 0.593. The molecular formula is C22H29FN4O3. The van der Waals surface area contributed by atoms with Crippen LogP contribution in [0.15, 0.2) is 36.2 Å². The molecule has 7 nitrogen and oxygen atoms in total. The molecule has 0 radical (unpaired) electrons. The van der Waals surface area contributed by atoms with E-state index in [1.165, 1.54) is 12.8 Å². The van der Waals surface area contributed by atoms with Crippen LogP contribution in [0.1, 0.15) is 52.3 Å². The molecular weight excluding hydrogens is 387 g/mol. The maximum Gasteiger partial charge on any atom is 0.407 e. The average molecular weight is 416 g/mol. The van der Waals surface area contributed by atoms with Crippen molar-refractivity contribution in [3.63, 3.8) is 0 Å². The van der Waals surface area contributed by atoms with Crippen LogP contribution in [-0.2, 0) is 11.3 Å². The van der Waals surface area contributed by atoms with E-state index in [2.05, 4.69) is 17.3 Å². The summed E-state index contributed by atoms with van der Waals surface area (Å²) in [5.74, 6) is 2.89. The molecule has 0 aliphatic heterocycles. The Morgan fingerprint density at radius 1 is 1.30 bits per heavy atom. The lowest BCUT2D eigenvalue weighted by Crippen LogP contribution is -2.34. The van der Waals surface area contributed by atoms with E-state index in [4.69, 9.17) is 14.5 Å². The predicted molar refractivity (Wildman–Crippen MR) is 112 cm³/mol. The second kappa shape index (κ2) is 9.28. The van der Waals surface area contributed by atoms with Crippen LogP contribution in [0.3, 0.4) is 0 Å². The van der Waals surface area contributed by atoms with Gasteiger partial charge >= 0.3 is 6.09 Å². The Labute approximate surface area is 176 Å². The van der Waals surface area contributed by atoms with E-state index in [0.29, 0.717) is 29.4 Å². The minimum Gasteiger partial charge on any atom is -0.489 e. The number of nitrogens with one attached hydrogen (secondary N) is 1. The molecule has 0 unspecified atom stereocenters. The van der Waals surface area contributed by atoms with Crippen molar-refractivity contribution in [1.29, 1.82) is 0 Å². The first kappa shape index (κ1) is 21.8. The molecule has 1 heterocycles. The molecule has 3 rings (SSSR count). The van der Waals surface area contributed by atoms with Crippen LogP contribution < -0.4 is 10.1 Å². The van der Waals surface area contributed by atoms with Crippen molar-refractivity contribution in [3.05, 3.63) is 42.0 Å². The predicted octanol–water partition coefficient (Wildman–Crippen LogP) is 4.60. The standard InChI is InChI=1S/C22H29FN4O3/c1-5-27-20(17-6-7-17)25-19(26-27)16-8-10-18(11-9-16)29-14-15(12-23)13-24-21(28)30-22(2,3)4/h8-12,17H,5-7,13-14H2,1-4H3,(H,24,28)/b15-12+. The van der Waals surface area contributed by atoms with Crippen molar-refractivity contribution in [2.24, 2.45) is 0 Å². The fourth-order valence-electron chi connectivity index (χ4n) is 2.85. The van der Waals surface area contributed by atoms with Crippen LogP contribution in [0.4, 0.5) is 9.18 Å². The number of carbonyl (C=O) groups excluding carboxylic acids is 1. The SMILES string of the molecule is CCn1nc(-c2ccc(OC/C(=C/F)CNC(=O)OC(C)(C)C)cc2)nc1C1CC1. The van der Waals surface area contributed by atoms with Gasteiger partial charge in [0, 0.05) is 30.1 Å². The van der Waals surface area contributed by atoms with Crippen LogP contribution in [0, 0.1) is 0 Å². The molecule has 1 fully saturated rings. The Balaban J connectivity index is 1.53. The first-order chi connectivity index (χ1) is 14.3. The topological polar surface area (TPSA) is 78.3 Å². The van der Waals surface area contributed by atoms with Gasteiger partial charge < -0.3 is 14.8 Å². The molecule has 30 heavy (non-hydrogen) atoms. The summed E-state index contributed by atoms with van der Waals surface area (Å²) in [6, 6.07) is 7.38. The average Bonchev–Trinajstić information content (AvgIpc) is 3.46. The zero-order valence-corrected chi connectivity index (χ0v) is 17.9. The van der Waals surface area contributed by atoms with E-state index in [-0.39, 0.29) is 13.2 Å². The highest BCUT2D eigenvalue weighted by molar-refractivity contribution is 5.68. The fraction of sp³-hybridized carbons (Fsp3) is 0.500. The van der Waals surface area contributed by atoms with Crippen molar-refractivity contribution in [2.75, 3.05) is 13.2 Å². The van der Waals surface area contributed by atoms with Crippen LogP contribution in [0.2, 0.25) is 0 Å². The Hall–Kier alpha value is -2.90. The van der Waals surface area contributed by atoms with Crippen molar-refractivity contribution in [3.8, 4) is 17.1 Å². The van der Waals surface area contributed by atoms with E-state index in [1.807, 2.05) is 16.8 Å². The Kier molecular flexibility index (Phi) is 6.74. The molecule has 0 saturated heterocycles. The molecule has 0 spiro atoms. The molecule has 0 bridgehead atoms. The molecule has 162 valence electrons. The third-order valence-electron chi connectivity index (χ3n) is 4.49. The molecule has 2 aromatic rings. The molecule has 8 heteroatoms. The van der Waals surface area contributed by atoms with Gasteiger partial charge in [0.1, 0.15) is 23.8 Å². The summed E-state index contributed by atoms with van der Waals surface area (Å²) >= 11 is 0. The number of ether oxygens (including phenoxy) is 2.